The van der Waals surface area contributed by atoms with Gasteiger partial charge in [-0.05, 0) is 91.4 Å². The van der Waals surface area contributed by atoms with Gasteiger partial charge in [0, 0.05) is 11.8 Å². The predicted molar refractivity (Wildman–Crippen MR) is 103 cm³/mol. The van der Waals surface area contributed by atoms with Crippen LogP contribution >= 0.6 is 15.9 Å². The Morgan fingerprint density at radius 3 is 2.67 bits per heavy atom. The first-order valence-electron chi connectivity index (χ1n) is 10.2. The Hall–Kier alpha value is -0.110. The Labute approximate surface area is 156 Å². The Morgan fingerprint density at radius 2 is 1.92 bits per heavy atom. The molecule has 24 heavy (non-hydrogen) atoms. The molecule has 7 atom stereocenters. The zero-order valence-electron chi connectivity index (χ0n) is 15.6. The third-order valence-electron chi connectivity index (χ3n) is 8.97. The third-order valence-corrected chi connectivity index (χ3v) is 9.99. The van der Waals surface area contributed by atoms with E-state index in [1.54, 1.807) is 0 Å². The van der Waals surface area contributed by atoms with E-state index in [-0.39, 0.29) is 0 Å². The van der Waals surface area contributed by atoms with Crippen LogP contribution in [0.1, 0.15) is 72.1 Å². The van der Waals surface area contributed by atoms with Crippen molar-refractivity contribution in [3.05, 3.63) is 11.6 Å². The maximum atomic E-state index is 11.9. The largest absolute Gasteiger partial charge is 0.295 e. The number of hydrogen-bond donors (Lipinski definition) is 0. The summed E-state index contributed by atoms with van der Waals surface area (Å²) in [6.45, 7) is 7.58. The van der Waals surface area contributed by atoms with Crippen molar-refractivity contribution in [1.82, 2.24) is 0 Å². The molecule has 0 bridgehead atoms. The fourth-order valence-corrected chi connectivity index (χ4v) is 8.09. The number of ketones is 1. The number of fused-ring (bicyclic) bond motifs is 5. The molecule has 4 aliphatic carbocycles. The molecule has 0 heterocycles. The average molecular weight is 393 g/mol. The van der Waals surface area contributed by atoms with Gasteiger partial charge in [-0.2, -0.15) is 0 Å². The fourth-order valence-electron chi connectivity index (χ4n) is 7.64. The van der Waals surface area contributed by atoms with Crippen molar-refractivity contribution in [2.24, 2.45) is 40.4 Å². The number of alkyl halides is 1. The first kappa shape index (κ1) is 17.3. The van der Waals surface area contributed by atoms with Crippen molar-refractivity contribution in [3.63, 3.8) is 0 Å². The average Bonchev–Trinajstić information content (AvgIpc) is 2.92. The molecule has 0 spiro atoms. The van der Waals surface area contributed by atoms with Crippen LogP contribution in [0.4, 0.5) is 0 Å². The quantitative estimate of drug-likeness (QED) is 0.513. The number of carbonyl (C=O) groups is 1. The van der Waals surface area contributed by atoms with Gasteiger partial charge in [0.2, 0.25) is 0 Å². The highest BCUT2D eigenvalue weighted by atomic mass is 79.9. The lowest BCUT2D eigenvalue weighted by atomic mass is 9.46. The van der Waals surface area contributed by atoms with E-state index in [9.17, 15) is 4.79 Å². The molecule has 0 aliphatic heterocycles. The lowest BCUT2D eigenvalue weighted by Crippen LogP contribution is -2.51. The van der Waals surface area contributed by atoms with E-state index in [0.717, 1.165) is 47.8 Å². The zero-order chi connectivity index (χ0) is 17.1. The molecule has 3 fully saturated rings. The smallest absolute Gasteiger partial charge is 0.155 e. The van der Waals surface area contributed by atoms with Crippen LogP contribution < -0.4 is 0 Å². The normalized spacial score (nSPS) is 49.0. The number of hydrogen-bond acceptors (Lipinski definition) is 1. The van der Waals surface area contributed by atoms with Crippen LogP contribution in [0.15, 0.2) is 11.6 Å². The predicted octanol–water partition coefficient (Wildman–Crippen LogP) is 6.17. The van der Waals surface area contributed by atoms with E-state index in [1.165, 1.54) is 44.1 Å². The molecular formula is C22H33BrO. The maximum absolute atomic E-state index is 11.9. The molecule has 2 heteroatoms. The lowest BCUT2D eigenvalue weighted by Gasteiger charge is -2.58. The van der Waals surface area contributed by atoms with Crippen molar-refractivity contribution < 1.29 is 4.79 Å². The number of rotatable bonds is 2. The summed E-state index contributed by atoms with van der Waals surface area (Å²) in [4.78, 5) is 11.9. The second-order valence-electron chi connectivity index (χ2n) is 9.83. The summed E-state index contributed by atoms with van der Waals surface area (Å²) >= 11 is 3.75. The second kappa shape index (κ2) is 5.96. The number of allylic oxidation sites excluding steroid dienone is 1. The van der Waals surface area contributed by atoms with Crippen molar-refractivity contribution in [3.8, 4) is 0 Å². The van der Waals surface area contributed by atoms with Crippen LogP contribution in [0.3, 0.4) is 0 Å². The number of carbonyl (C=O) groups excluding carboxylic acids is 1. The summed E-state index contributed by atoms with van der Waals surface area (Å²) in [7, 11) is 0. The van der Waals surface area contributed by atoms with Crippen LogP contribution in [-0.4, -0.2) is 11.1 Å². The molecule has 0 saturated heterocycles. The van der Waals surface area contributed by atoms with Gasteiger partial charge in [-0.1, -0.05) is 42.3 Å². The summed E-state index contributed by atoms with van der Waals surface area (Å²) < 4.78 is 0. The van der Waals surface area contributed by atoms with E-state index in [0.29, 0.717) is 16.6 Å². The molecule has 0 aromatic carbocycles. The van der Waals surface area contributed by atoms with Gasteiger partial charge in [0.15, 0.2) is 5.78 Å². The highest BCUT2D eigenvalue weighted by molar-refractivity contribution is 9.09. The van der Waals surface area contributed by atoms with Gasteiger partial charge in [-0.25, -0.2) is 0 Å². The molecule has 134 valence electrons. The van der Waals surface area contributed by atoms with Crippen LogP contribution in [-0.2, 0) is 4.79 Å². The Bertz CT molecular complexity index is 566. The van der Waals surface area contributed by atoms with Crippen molar-refractivity contribution >= 4 is 21.7 Å². The van der Waals surface area contributed by atoms with Gasteiger partial charge in [0.1, 0.15) is 0 Å². The molecule has 4 aliphatic rings. The molecule has 1 nitrogen and oxygen atoms in total. The summed E-state index contributed by atoms with van der Waals surface area (Å²) in [6, 6.07) is 0. The second-order valence-corrected chi connectivity index (χ2v) is 10.5. The van der Waals surface area contributed by atoms with E-state index >= 15 is 0 Å². The molecule has 0 radical (unpaired) electrons. The van der Waals surface area contributed by atoms with Crippen LogP contribution in [0.25, 0.3) is 0 Å². The van der Waals surface area contributed by atoms with E-state index in [2.05, 4.69) is 36.7 Å². The van der Waals surface area contributed by atoms with E-state index < -0.39 is 0 Å². The summed E-state index contributed by atoms with van der Waals surface area (Å²) in [5, 5.41) is 1.15. The van der Waals surface area contributed by atoms with Crippen molar-refractivity contribution in [2.75, 3.05) is 5.33 Å². The van der Waals surface area contributed by atoms with Crippen LogP contribution in [0.5, 0.6) is 0 Å². The topological polar surface area (TPSA) is 17.1 Å². The van der Waals surface area contributed by atoms with Gasteiger partial charge >= 0.3 is 0 Å². The first-order chi connectivity index (χ1) is 11.4. The Balaban J connectivity index is 1.63. The SMILES string of the molecule is C[C@H](CBr)[C@H]1CCC2C3CCC4=CC(=O)CC[C@]4(C)C3CC[C@@]21C. The first-order valence-corrected chi connectivity index (χ1v) is 11.3. The highest BCUT2D eigenvalue weighted by Gasteiger charge is 2.59. The minimum absolute atomic E-state index is 0.331. The minimum atomic E-state index is 0.331. The fraction of sp³-hybridized carbons (Fsp3) is 0.864. The van der Waals surface area contributed by atoms with Crippen molar-refractivity contribution in [1.29, 1.82) is 0 Å². The summed E-state index contributed by atoms with van der Waals surface area (Å²) in [5.74, 6) is 4.76. The summed E-state index contributed by atoms with van der Waals surface area (Å²) in [6.07, 6.45) is 12.2. The van der Waals surface area contributed by atoms with E-state index in [4.69, 9.17) is 0 Å². The van der Waals surface area contributed by atoms with Gasteiger partial charge in [-0.3, -0.25) is 4.79 Å². The van der Waals surface area contributed by atoms with Crippen molar-refractivity contribution in [2.45, 2.75) is 72.1 Å². The molecule has 0 aromatic rings. The van der Waals surface area contributed by atoms with Gasteiger partial charge in [-0.15, -0.1) is 0 Å². The Kier molecular flexibility index (Phi) is 4.30. The Morgan fingerprint density at radius 1 is 1.12 bits per heavy atom. The minimum Gasteiger partial charge on any atom is -0.295 e. The third kappa shape index (κ3) is 2.34. The molecule has 3 unspecified atom stereocenters. The van der Waals surface area contributed by atoms with Gasteiger partial charge < -0.3 is 0 Å². The molecule has 4 rings (SSSR count). The molecule has 0 amide bonds. The highest BCUT2D eigenvalue weighted by Crippen LogP contribution is 2.67. The monoisotopic (exact) mass is 392 g/mol. The molecular weight excluding hydrogens is 360 g/mol. The van der Waals surface area contributed by atoms with Gasteiger partial charge in [0.05, 0.1) is 0 Å². The standard InChI is InChI=1S/C22H33BrO/c1-14(13-23)18-6-7-19-17-5-4-15-12-16(24)8-10-21(15,2)20(17)9-11-22(18,19)3/h12,14,17-20H,4-11,13H2,1-3H3/t14-,17?,18-,19?,20?,21+,22-/m1/s1. The van der Waals surface area contributed by atoms with Gasteiger partial charge in [0.25, 0.3) is 0 Å². The molecule has 0 N–H and O–H groups in total. The maximum Gasteiger partial charge on any atom is 0.155 e. The summed E-state index contributed by atoms with van der Waals surface area (Å²) in [5.41, 5.74) is 2.40. The van der Waals surface area contributed by atoms with Crippen LogP contribution in [0.2, 0.25) is 0 Å². The van der Waals surface area contributed by atoms with Crippen LogP contribution in [0, 0.1) is 40.4 Å². The zero-order valence-corrected chi connectivity index (χ0v) is 17.2. The lowest BCUT2D eigenvalue weighted by molar-refractivity contribution is -0.117. The molecule has 0 aromatic heterocycles. The number of halogens is 1. The molecule has 3 saturated carbocycles. The van der Waals surface area contributed by atoms with E-state index in [1.807, 2.05) is 6.08 Å².